The maximum absolute atomic E-state index is 5.22. The van der Waals surface area contributed by atoms with Gasteiger partial charge in [0, 0.05) is 6.04 Å². The van der Waals surface area contributed by atoms with E-state index in [-0.39, 0.29) is 0 Å². The molecule has 1 aromatic rings. The summed E-state index contributed by atoms with van der Waals surface area (Å²) in [5, 5.41) is 3.63. The number of hydrogen-bond acceptors (Lipinski definition) is 2. The van der Waals surface area contributed by atoms with Crippen molar-refractivity contribution < 1.29 is 4.74 Å². The van der Waals surface area contributed by atoms with Gasteiger partial charge in [0.2, 0.25) is 0 Å². The molecule has 0 bridgehead atoms. The van der Waals surface area contributed by atoms with Gasteiger partial charge >= 0.3 is 0 Å². The summed E-state index contributed by atoms with van der Waals surface area (Å²) in [6.45, 7) is 12.6. The van der Waals surface area contributed by atoms with Gasteiger partial charge in [-0.15, -0.1) is 0 Å². The van der Waals surface area contributed by atoms with Crippen LogP contribution < -0.4 is 10.1 Å². The Bertz CT molecular complexity index is 377. The molecule has 0 amide bonds. The molecule has 0 spiro atoms. The lowest BCUT2D eigenvalue weighted by atomic mass is 9.78. The van der Waals surface area contributed by atoms with Crippen molar-refractivity contribution in [2.45, 2.75) is 53.5 Å². The van der Waals surface area contributed by atoms with E-state index in [0.717, 1.165) is 18.7 Å². The predicted molar refractivity (Wildman–Crippen MR) is 87.4 cm³/mol. The Morgan fingerprint density at radius 1 is 1.15 bits per heavy atom. The molecule has 114 valence electrons. The normalized spacial score (nSPS) is 14.9. The Labute approximate surface area is 124 Å². The fourth-order valence-corrected chi connectivity index (χ4v) is 2.35. The topological polar surface area (TPSA) is 21.3 Å². The molecular weight excluding hydrogens is 246 g/mol. The first-order valence-corrected chi connectivity index (χ1v) is 7.73. The molecule has 2 heteroatoms. The molecule has 0 radical (unpaired) electrons. The Morgan fingerprint density at radius 2 is 1.75 bits per heavy atom. The van der Waals surface area contributed by atoms with Gasteiger partial charge < -0.3 is 10.1 Å². The number of ether oxygens (including phenoxy) is 1. The van der Waals surface area contributed by atoms with Crippen molar-refractivity contribution in [2.75, 3.05) is 13.7 Å². The highest BCUT2D eigenvalue weighted by Gasteiger charge is 2.23. The van der Waals surface area contributed by atoms with Crippen LogP contribution in [0.1, 0.15) is 46.6 Å². The summed E-state index contributed by atoms with van der Waals surface area (Å²) in [5.74, 6) is 1.63. The van der Waals surface area contributed by atoms with Crippen molar-refractivity contribution in [1.82, 2.24) is 5.32 Å². The molecule has 20 heavy (non-hydrogen) atoms. The van der Waals surface area contributed by atoms with Gasteiger partial charge in [-0.3, -0.25) is 0 Å². The molecule has 0 fully saturated rings. The van der Waals surface area contributed by atoms with Gasteiger partial charge in [0.1, 0.15) is 5.75 Å². The van der Waals surface area contributed by atoms with E-state index in [1.807, 2.05) is 12.1 Å². The van der Waals surface area contributed by atoms with Crippen LogP contribution in [-0.2, 0) is 6.42 Å². The van der Waals surface area contributed by atoms with Crippen LogP contribution in [0.25, 0.3) is 0 Å². The van der Waals surface area contributed by atoms with Crippen LogP contribution in [0.5, 0.6) is 5.75 Å². The van der Waals surface area contributed by atoms with Crippen LogP contribution >= 0.6 is 0 Å². The third-order valence-electron chi connectivity index (χ3n) is 4.25. The molecule has 0 saturated heterocycles. The van der Waals surface area contributed by atoms with Crippen LogP contribution in [0, 0.1) is 11.3 Å². The third-order valence-corrected chi connectivity index (χ3v) is 4.25. The van der Waals surface area contributed by atoms with Crippen LogP contribution in [0.2, 0.25) is 0 Å². The van der Waals surface area contributed by atoms with Crippen LogP contribution in [0.3, 0.4) is 0 Å². The highest BCUT2D eigenvalue weighted by Crippen LogP contribution is 2.29. The lowest BCUT2D eigenvalue weighted by molar-refractivity contribution is 0.222. The second-order valence-electron chi connectivity index (χ2n) is 6.81. The van der Waals surface area contributed by atoms with Crippen molar-refractivity contribution in [3.05, 3.63) is 29.8 Å². The SMILES string of the molecule is CCNC(Cc1ccc(OC)cc1)CC(C)C(C)(C)C. The molecule has 0 heterocycles. The Balaban J connectivity index is 2.66. The monoisotopic (exact) mass is 277 g/mol. The number of likely N-dealkylation sites (N-methyl/N-ethyl adjacent to an activating group) is 1. The van der Waals surface area contributed by atoms with Gasteiger partial charge in [-0.25, -0.2) is 0 Å². The predicted octanol–water partition coefficient (Wildman–Crippen LogP) is 4.29. The fraction of sp³-hybridized carbons (Fsp3) is 0.667. The van der Waals surface area contributed by atoms with Gasteiger partial charge in [0.15, 0.2) is 0 Å². The number of hydrogen-bond donors (Lipinski definition) is 1. The fourth-order valence-electron chi connectivity index (χ4n) is 2.35. The number of rotatable bonds is 7. The zero-order valence-corrected chi connectivity index (χ0v) is 14.0. The molecular formula is C18H31NO. The van der Waals surface area contributed by atoms with E-state index in [1.54, 1.807) is 7.11 Å². The van der Waals surface area contributed by atoms with E-state index in [9.17, 15) is 0 Å². The van der Waals surface area contributed by atoms with Crippen LogP contribution in [0.15, 0.2) is 24.3 Å². The molecule has 0 aliphatic heterocycles. The van der Waals surface area contributed by atoms with Crippen molar-refractivity contribution in [3.63, 3.8) is 0 Å². The minimum atomic E-state index is 0.369. The van der Waals surface area contributed by atoms with Crippen LogP contribution in [-0.4, -0.2) is 19.7 Å². The Kier molecular flexibility index (Phi) is 6.54. The molecule has 1 rings (SSSR count). The summed E-state index contributed by atoms with van der Waals surface area (Å²) < 4.78 is 5.22. The lowest BCUT2D eigenvalue weighted by Gasteiger charge is -2.31. The number of benzene rings is 1. The highest BCUT2D eigenvalue weighted by molar-refractivity contribution is 5.27. The van der Waals surface area contributed by atoms with E-state index in [2.05, 4.69) is 52.1 Å². The zero-order valence-electron chi connectivity index (χ0n) is 14.0. The molecule has 2 atom stereocenters. The lowest BCUT2D eigenvalue weighted by Crippen LogP contribution is -2.35. The maximum atomic E-state index is 5.22. The van der Waals surface area contributed by atoms with Crippen LogP contribution in [0.4, 0.5) is 0 Å². The summed E-state index contributed by atoms with van der Waals surface area (Å²) in [6, 6.07) is 8.98. The quantitative estimate of drug-likeness (QED) is 0.803. The summed E-state index contributed by atoms with van der Waals surface area (Å²) in [4.78, 5) is 0. The first kappa shape index (κ1) is 17.0. The molecule has 0 aromatic heterocycles. The van der Waals surface area contributed by atoms with Crippen molar-refractivity contribution in [2.24, 2.45) is 11.3 Å². The standard InChI is InChI=1S/C18H31NO/c1-7-19-16(12-14(2)18(3,4)5)13-15-8-10-17(20-6)11-9-15/h8-11,14,16,19H,7,12-13H2,1-6H3. The maximum Gasteiger partial charge on any atom is 0.118 e. The summed E-state index contributed by atoms with van der Waals surface area (Å²) >= 11 is 0. The minimum absolute atomic E-state index is 0.369. The van der Waals surface area contributed by atoms with E-state index in [4.69, 9.17) is 4.74 Å². The summed E-state index contributed by atoms with van der Waals surface area (Å²) in [7, 11) is 1.71. The smallest absolute Gasteiger partial charge is 0.118 e. The minimum Gasteiger partial charge on any atom is -0.497 e. The molecule has 0 aliphatic carbocycles. The molecule has 1 N–H and O–H groups in total. The zero-order chi connectivity index (χ0) is 15.2. The average molecular weight is 277 g/mol. The molecule has 0 saturated carbocycles. The molecule has 2 unspecified atom stereocenters. The largest absolute Gasteiger partial charge is 0.497 e. The van der Waals surface area contributed by atoms with E-state index in [0.29, 0.717) is 17.4 Å². The van der Waals surface area contributed by atoms with Gasteiger partial charge in [-0.05, 0) is 48.4 Å². The van der Waals surface area contributed by atoms with Crippen molar-refractivity contribution in [1.29, 1.82) is 0 Å². The van der Waals surface area contributed by atoms with Gasteiger partial charge in [0.05, 0.1) is 7.11 Å². The first-order chi connectivity index (χ1) is 9.36. The molecule has 0 aliphatic rings. The molecule has 1 aromatic carbocycles. The van der Waals surface area contributed by atoms with Gasteiger partial charge in [-0.1, -0.05) is 46.8 Å². The highest BCUT2D eigenvalue weighted by atomic mass is 16.5. The third kappa shape index (κ3) is 5.54. The average Bonchev–Trinajstić information content (AvgIpc) is 2.38. The number of nitrogens with one attached hydrogen (secondary N) is 1. The summed E-state index contributed by atoms with van der Waals surface area (Å²) in [5.41, 5.74) is 1.74. The first-order valence-electron chi connectivity index (χ1n) is 7.73. The van der Waals surface area contributed by atoms with E-state index < -0.39 is 0 Å². The van der Waals surface area contributed by atoms with Crippen molar-refractivity contribution >= 4 is 0 Å². The second-order valence-corrected chi connectivity index (χ2v) is 6.81. The van der Waals surface area contributed by atoms with E-state index in [1.165, 1.54) is 12.0 Å². The van der Waals surface area contributed by atoms with Gasteiger partial charge in [-0.2, -0.15) is 0 Å². The van der Waals surface area contributed by atoms with E-state index >= 15 is 0 Å². The Hall–Kier alpha value is -1.02. The van der Waals surface area contributed by atoms with Gasteiger partial charge in [0.25, 0.3) is 0 Å². The Morgan fingerprint density at radius 3 is 2.20 bits per heavy atom. The van der Waals surface area contributed by atoms with Crippen molar-refractivity contribution in [3.8, 4) is 5.75 Å². The number of methoxy groups -OCH3 is 1. The molecule has 2 nitrogen and oxygen atoms in total. The second kappa shape index (κ2) is 7.68. The summed E-state index contributed by atoms with van der Waals surface area (Å²) in [6.07, 6.45) is 2.29.